The lowest BCUT2D eigenvalue weighted by atomic mass is 10.4. The second-order valence-corrected chi connectivity index (χ2v) is 3.19. The van der Waals surface area contributed by atoms with E-state index in [0.717, 1.165) is 26.1 Å². The van der Waals surface area contributed by atoms with Gasteiger partial charge in [0.25, 0.3) is 0 Å². The van der Waals surface area contributed by atoms with E-state index in [1.807, 2.05) is 0 Å². The molecular weight excluding hydrogens is 198 g/mol. The summed E-state index contributed by atoms with van der Waals surface area (Å²) in [6, 6.07) is 0. The fourth-order valence-corrected chi connectivity index (χ4v) is 1.25. The monoisotopic (exact) mass is 221 g/mol. The van der Waals surface area contributed by atoms with Crippen LogP contribution in [0.2, 0.25) is 0 Å². The molecule has 0 unspecified atom stereocenters. The molecule has 0 atom stereocenters. The molecule has 0 rings (SSSR count). The normalized spacial score (nSPS) is 11.2. The van der Waals surface area contributed by atoms with Crippen LogP contribution in [0.15, 0.2) is 0 Å². The van der Waals surface area contributed by atoms with Gasteiger partial charge in [-0.2, -0.15) is 0 Å². The van der Waals surface area contributed by atoms with Gasteiger partial charge in [0.2, 0.25) is 0 Å². The zero-order chi connectivity index (χ0) is 11.4. The van der Waals surface area contributed by atoms with Crippen molar-refractivity contribution < 1.29 is 19.3 Å². The molecule has 0 saturated carbocycles. The third-order valence-corrected chi connectivity index (χ3v) is 1.94. The topological polar surface area (TPSA) is 51.2 Å². The van der Waals surface area contributed by atoms with Crippen molar-refractivity contribution in [3.8, 4) is 0 Å². The summed E-state index contributed by atoms with van der Waals surface area (Å²) < 4.78 is 14.9. The minimum atomic E-state index is -0.208. The molecule has 0 aromatic rings. The molecular formula is C10H23NO4. The third-order valence-electron chi connectivity index (χ3n) is 1.94. The van der Waals surface area contributed by atoms with Crippen molar-refractivity contribution in [2.45, 2.75) is 13.3 Å². The summed E-state index contributed by atoms with van der Waals surface area (Å²) in [5, 5.41) is 8.47. The summed E-state index contributed by atoms with van der Waals surface area (Å²) in [7, 11) is 1.61. The van der Waals surface area contributed by atoms with Gasteiger partial charge in [0.15, 0.2) is 0 Å². The van der Waals surface area contributed by atoms with E-state index in [1.54, 1.807) is 7.11 Å². The van der Waals surface area contributed by atoms with Gasteiger partial charge in [0.1, 0.15) is 13.6 Å². The standard InChI is InChI=1S/C10H23NO4/c1-3-4-11(5-7-14-9-12)6-8-15-10-13-2/h12H,3-10H2,1-2H3. The average molecular weight is 221 g/mol. The number of rotatable bonds is 11. The molecule has 0 fully saturated rings. The number of hydrogen-bond donors (Lipinski definition) is 1. The lowest BCUT2D eigenvalue weighted by Crippen LogP contribution is -2.32. The summed E-state index contributed by atoms with van der Waals surface area (Å²) >= 11 is 0. The summed E-state index contributed by atoms with van der Waals surface area (Å²) in [6.07, 6.45) is 1.10. The SMILES string of the molecule is CCCN(CCOCO)CCOCOC. The van der Waals surface area contributed by atoms with Crippen LogP contribution in [0.3, 0.4) is 0 Å². The van der Waals surface area contributed by atoms with Crippen LogP contribution in [0.5, 0.6) is 0 Å². The van der Waals surface area contributed by atoms with Crippen molar-refractivity contribution in [3.05, 3.63) is 0 Å². The van der Waals surface area contributed by atoms with Crippen LogP contribution in [0, 0.1) is 0 Å². The number of hydrogen-bond acceptors (Lipinski definition) is 5. The number of aliphatic hydroxyl groups is 1. The van der Waals surface area contributed by atoms with Crippen LogP contribution in [0.1, 0.15) is 13.3 Å². The molecule has 0 aliphatic heterocycles. The van der Waals surface area contributed by atoms with Crippen LogP contribution in [-0.2, 0) is 14.2 Å². The lowest BCUT2D eigenvalue weighted by molar-refractivity contribution is -0.0418. The maximum atomic E-state index is 8.47. The van der Waals surface area contributed by atoms with E-state index < -0.39 is 0 Å². The Morgan fingerprint density at radius 3 is 2.27 bits per heavy atom. The van der Waals surface area contributed by atoms with Crippen LogP contribution >= 0.6 is 0 Å². The first kappa shape index (κ1) is 14.8. The van der Waals surface area contributed by atoms with Crippen LogP contribution in [0.4, 0.5) is 0 Å². The van der Waals surface area contributed by atoms with Crippen LogP contribution in [0.25, 0.3) is 0 Å². The second kappa shape index (κ2) is 11.9. The van der Waals surface area contributed by atoms with Gasteiger partial charge < -0.3 is 19.3 Å². The van der Waals surface area contributed by atoms with Gasteiger partial charge in [-0.3, -0.25) is 4.90 Å². The zero-order valence-corrected chi connectivity index (χ0v) is 9.78. The van der Waals surface area contributed by atoms with Gasteiger partial charge >= 0.3 is 0 Å². The molecule has 0 heterocycles. The lowest BCUT2D eigenvalue weighted by Gasteiger charge is -2.21. The molecule has 0 aromatic carbocycles. The first-order chi connectivity index (χ1) is 7.35. The molecule has 5 heteroatoms. The highest BCUT2D eigenvalue weighted by atomic mass is 16.7. The summed E-state index contributed by atoms with van der Waals surface area (Å²) in [5.74, 6) is 0. The summed E-state index contributed by atoms with van der Waals surface area (Å²) in [4.78, 5) is 2.24. The van der Waals surface area contributed by atoms with Crippen LogP contribution in [-0.4, -0.2) is 63.6 Å². The molecule has 92 valence electrons. The predicted molar refractivity (Wildman–Crippen MR) is 57.6 cm³/mol. The molecule has 0 radical (unpaired) electrons. The molecule has 0 spiro atoms. The van der Waals surface area contributed by atoms with E-state index in [0.29, 0.717) is 20.0 Å². The molecule has 0 bridgehead atoms. The Kier molecular flexibility index (Phi) is 11.7. The maximum absolute atomic E-state index is 8.47. The maximum Gasteiger partial charge on any atom is 0.146 e. The van der Waals surface area contributed by atoms with E-state index in [-0.39, 0.29) is 6.79 Å². The molecule has 0 aromatic heterocycles. The Morgan fingerprint density at radius 2 is 1.73 bits per heavy atom. The van der Waals surface area contributed by atoms with Crippen molar-refractivity contribution >= 4 is 0 Å². The van der Waals surface area contributed by atoms with Crippen molar-refractivity contribution in [3.63, 3.8) is 0 Å². The number of ether oxygens (including phenoxy) is 3. The smallest absolute Gasteiger partial charge is 0.146 e. The fourth-order valence-electron chi connectivity index (χ4n) is 1.25. The number of nitrogens with zero attached hydrogens (tertiary/aromatic N) is 1. The minimum absolute atomic E-state index is 0.208. The molecule has 0 aliphatic rings. The Hall–Kier alpha value is -0.200. The van der Waals surface area contributed by atoms with E-state index >= 15 is 0 Å². The zero-order valence-electron chi connectivity index (χ0n) is 9.78. The van der Waals surface area contributed by atoms with Crippen molar-refractivity contribution in [1.29, 1.82) is 0 Å². The van der Waals surface area contributed by atoms with Crippen molar-refractivity contribution in [2.75, 3.05) is 53.5 Å². The number of aliphatic hydroxyl groups excluding tert-OH is 1. The van der Waals surface area contributed by atoms with Gasteiger partial charge in [-0.1, -0.05) is 6.92 Å². The van der Waals surface area contributed by atoms with E-state index in [4.69, 9.17) is 19.3 Å². The summed E-state index contributed by atoms with van der Waals surface area (Å²) in [5.41, 5.74) is 0. The van der Waals surface area contributed by atoms with Gasteiger partial charge in [-0.05, 0) is 13.0 Å². The van der Waals surface area contributed by atoms with E-state index in [9.17, 15) is 0 Å². The van der Waals surface area contributed by atoms with Crippen molar-refractivity contribution in [2.24, 2.45) is 0 Å². The molecule has 15 heavy (non-hydrogen) atoms. The Bertz CT molecular complexity index is 124. The van der Waals surface area contributed by atoms with Crippen molar-refractivity contribution in [1.82, 2.24) is 4.90 Å². The molecule has 0 saturated heterocycles. The van der Waals surface area contributed by atoms with E-state index in [2.05, 4.69) is 11.8 Å². The average Bonchev–Trinajstić information content (AvgIpc) is 2.24. The second-order valence-electron chi connectivity index (χ2n) is 3.19. The Balaban J connectivity index is 3.44. The first-order valence-corrected chi connectivity index (χ1v) is 5.32. The predicted octanol–water partition coefficient (Wildman–Crippen LogP) is 0.285. The van der Waals surface area contributed by atoms with E-state index in [1.165, 1.54) is 0 Å². The quantitative estimate of drug-likeness (QED) is 0.401. The molecule has 0 aliphatic carbocycles. The highest BCUT2D eigenvalue weighted by molar-refractivity contribution is 4.55. The highest BCUT2D eigenvalue weighted by Gasteiger charge is 2.02. The number of methoxy groups -OCH3 is 1. The van der Waals surface area contributed by atoms with Gasteiger partial charge in [0.05, 0.1) is 13.2 Å². The largest absolute Gasteiger partial charge is 0.371 e. The molecule has 1 N–H and O–H groups in total. The van der Waals surface area contributed by atoms with Crippen LogP contribution < -0.4 is 0 Å². The molecule has 0 amide bonds. The minimum Gasteiger partial charge on any atom is -0.371 e. The fraction of sp³-hybridized carbons (Fsp3) is 1.00. The summed E-state index contributed by atoms with van der Waals surface area (Å²) in [6.45, 7) is 6.19. The Morgan fingerprint density at radius 1 is 1.07 bits per heavy atom. The molecule has 5 nitrogen and oxygen atoms in total. The highest BCUT2D eigenvalue weighted by Crippen LogP contribution is 1.92. The van der Waals surface area contributed by atoms with Gasteiger partial charge in [-0.15, -0.1) is 0 Å². The van der Waals surface area contributed by atoms with Gasteiger partial charge in [-0.25, -0.2) is 0 Å². The van der Waals surface area contributed by atoms with Gasteiger partial charge in [0, 0.05) is 20.2 Å². The Labute approximate surface area is 91.9 Å². The third kappa shape index (κ3) is 10.1. The first-order valence-electron chi connectivity index (χ1n) is 5.32.